The van der Waals surface area contributed by atoms with E-state index in [4.69, 9.17) is 19.5 Å². The average Bonchev–Trinajstić information content (AvgIpc) is 4.04. The van der Waals surface area contributed by atoms with Crippen LogP contribution in [0.15, 0.2) is 186 Å². The van der Waals surface area contributed by atoms with Crippen molar-refractivity contribution < 1.29 is 30.5 Å². The highest BCUT2D eigenvalue weighted by Gasteiger charge is 2.20. The molecule has 51 heavy (non-hydrogen) atoms. The molecule has 3 heterocycles. The quantitative estimate of drug-likeness (QED) is 0.183. The largest absolute Gasteiger partial charge is 0.456 e. The van der Waals surface area contributed by atoms with Gasteiger partial charge < -0.3 is 13.6 Å². The van der Waals surface area contributed by atoms with E-state index in [2.05, 4.69) is 0 Å². The molecular weight excluding hydrogens is 621 g/mol. The molecule has 238 valence electrons. The number of hydrogen-bond donors (Lipinski definition) is 0. The van der Waals surface area contributed by atoms with Crippen molar-refractivity contribution in [2.24, 2.45) is 0 Å². The molecule has 0 saturated heterocycles. The average molecular weight is 670 g/mol. The van der Waals surface area contributed by atoms with Gasteiger partial charge in [-0.25, -0.2) is 0 Å². The maximum atomic E-state index is 10.2. The summed E-state index contributed by atoms with van der Waals surface area (Å²) < 4.78 is 182. The van der Waals surface area contributed by atoms with Gasteiger partial charge >= 0.3 is 0 Å². The fourth-order valence-corrected chi connectivity index (χ4v) is 6.90. The van der Waals surface area contributed by atoms with Crippen molar-refractivity contribution >= 4 is 65.6 Å². The number of furan rings is 1. The molecule has 11 aromatic rings. The molecule has 0 bridgehead atoms. The topological polar surface area (TPSA) is 23.0 Å². The molecule has 0 radical (unpaired) electrons. The van der Waals surface area contributed by atoms with Crippen LogP contribution in [0, 0.1) is 0 Å². The van der Waals surface area contributed by atoms with Crippen LogP contribution in [0.3, 0.4) is 0 Å². The van der Waals surface area contributed by atoms with E-state index in [-0.39, 0.29) is 27.5 Å². The van der Waals surface area contributed by atoms with Gasteiger partial charge in [-0.15, -0.1) is 0 Å². The van der Waals surface area contributed by atoms with E-state index < -0.39 is 153 Å². The predicted octanol–water partition coefficient (Wildman–Crippen LogP) is 13.1. The van der Waals surface area contributed by atoms with Gasteiger partial charge in [-0.3, -0.25) is 0 Å². The number of nitrogens with zero attached hydrogens (tertiary/aromatic N) is 2. The first kappa shape index (κ1) is 15.4. The standard InChI is InChI=1S/C48H30N2O/c1-3-13-31(14-4-1)34-29-45(48-40-19-9-12-22-46(40)51-47(48)30-34)50-42-21-11-8-18-37(42)39-26-24-33(28-44(39)50)32-23-25-38-36-17-7-10-20-41(36)49(43(38)27-32)35-15-5-2-6-16-35/h1-30H/i2D,5D,6D,7D,8D,10D,11D,15D,16D,17D,18D,20D,21D,23D,24D,25D,26D,27D,28D. The number of rotatable bonds is 4. The van der Waals surface area contributed by atoms with Crippen LogP contribution >= 0.6 is 0 Å². The zero-order chi connectivity index (χ0) is 50.0. The number of para-hydroxylation sites is 4. The Hall–Kier alpha value is -6.84. The lowest BCUT2D eigenvalue weighted by atomic mass is 10.0. The second-order valence-electron chi connectivity index (χ2n) is 11.9. The fraction of sp³-hybridized carbons (Fsp3) is 0. The van der Waals surface area contributed by atoms with Crippen molar-refractivity contribution in [3.05, 3.63) is 182 Å². The summed E-state index contributed by atoms with van der Waals surface area (Å²) in [5, 5.41) is -0.248. The highest BCUT2D eigenvalue weighted by Crippen LogP contribution is 2.42. The molecule has 0 atom stereocenters. The molecule has 3 nitrogen and oxygen atoms in total. The molecule has 0 unspecified atom stereocenters. The first-order valence-electron chi connectivity index (χ1n) is 25.4. The Morgan fingerprint density at radius 1 is 0.412 bits per heavy atom. The van der Waals surface area contributed by atoms with Gasteiger partial charge in [0.1, 0.15) is 11.2 Å². The molecular formula is C48H30N2O. The van der Waals surface area contributed by atoms with Crippen LogP contribution in [-0.4, -0.2) is 9.13 Å². The van der Waals surface area contributed by atoms with E-state index in [9.17, 15) is 11.0 Å². The Bertz CT molecular complexity index is 4200. The lowest BCUT2D eigenvalue weighted by molar-refractivity contribution is 0.669. The van der Waals surface area contributed by atoms with E-state index in [1.54, 1.807) is 36.4 Å². The van der Waals surface area contributed by atoms with Gasteiger partial charge in [0.25, 0.3) is 0 Å². The van der Waals surface area contributed by atoms with Crippen molar-refractivity contribution in [1.29, 1.82) is 0 Å². The van der Waals surface area contributed by atoms with Crippen LogP contribution in [0.25, 0.3) is 99.2 Å². The molecule has 11 rings (SSSR count). The van der Waals surface area contributed by atoms with E-state index in [1.807, 2.05) is 30.3 Å². The van der Waals surface area contributed by atoms with E-state index in [0.29, 0.717) is 27.5 Å². The van der Waals surface area contributed by atoms with Crippen molar-refractivity contribution in [1.82, 2.24) is 9.13 Å². The third-order valence-corrected chi connectivity index (χ3v) is 9.08. The minimum absolute atomic E-state index is 0.171. The predicted molar refractivity (Wildman–Crippen MR) is 213 cm³/mol. The molecule has 0 aliphatic rings. The smallest absolute Gasteiger partial charge is 0.138 e. The summed E-state index contributed by atoms with van der Waals surface area (Å²) in [7, 11) is 0. The van der Waals surface area contributed by atoms with Gasteiger partial charge in [-0.05, 0) is 76.7 Å². The third kappa shape index (κ3) is 4.19. The molecule has 3 heteroatoms. The summed E-state index contributed by atoms with van der Waals surface area (Å²) in [6, 6.07) is 5.68. The Morgan fingerprint density at radius 3 is 1.73 bits per heavy atom. The first-order chi connectivity index (χ1) is 33.2. The summed E-state index contributed by atoms with van der Waals surface area (Å²) in [5.41, 5.74) is -0.942. The van der Waals surface area contributed by atoms with Gasteiger partial charge in [-0.1, -0.05) is 127 Å². The fourth-order valence-electron chi connectivity index (χ4n) is 6.90. The van der Waals surface area contributed by atoms with E-state index in [1.165, 1.54) is 4.57 Å². The number of benzene rings is 8. The normalized spacial score (nSPS) is 17.1. The number of aromatic nitrogens is 2. The molecule has 0 fully saturated rings. The molecule has 8 aromatic carbocycles. The summed E-state index contributed by atoms with van der Waals surface area (Å²) in [6.45, 7) is 0. The zero-order valence-corrected chi connectivity index (χ0v) is 26.2. The molecule has 0 spiro atoms. The van der Waals surface area contributed by atoms with Gasteiger partial charge in [0, 0.05) is 32.6 Å². The SMILES string of the molecule is [2H]c1c([2H])c([2H])c(-n2c3c([2H])c([2H])c([2H])c([2H])c3c3c([2H])c([2H])c(-c4c([2H])c([2H])c5c6c([2H])c([2H])c([2H])c([2H])c6n(-c6cc(-c7ccccc7)cc7oc8ccccc8c67)c5c4[2H])c([2H])c32)c([2H])c1[2H]. The van der Waals surface area contributed by atoms with Crippen molar-refractivity contribution in [2.45, 2.75) is 0 Å². The van der Waals surface area contributed by atoms with Gasteiger partial charge in [0.15, 0.2) is 0 Å². The Labute approximate surface area is 320 Å². The molecule has 0 N–H and O–H groups in total. The summed E-state index contributed by atoms with van der Waals surface area (Å²) >= 11 is 0. The van der Waals surface area contributed by atoms with Gasteiger partial charge in [-0.2, -0.15) is 0 Å². The molecule has 0 amide bonds. The van der Waals surface area contributed by atoms with Gasteiger partial charge in [0.05, 0.1) is 59.2 Å². The highest BCUT2D eigenvalue weighted by atomic mass is 16.3. The maximum absolute atomic E-state index is 10.2. The summed E-state index contributed by atoms with van der Waals surface area (Å²) in [5.74, 6) is 0. The number of hydrogen-bond acceptors (Lipinski definition) is 1. The Kier molecular flexibility index (Phi) is 3.26. The summed E-state index contributed by atoms with van der Waals surface area (Å²) in [4.78, 5) is 0. The van der Waals surface area contributed by atoms with Crippen LogP contribution in [-0.2, 0) is 0 Å². The lowest BCUT2D eigenvalue weighted by Gasteiger charge is -2.13. The second-order valence-corrected chi connectivity index (χ2v) is 11.9. The van der Waals surface area contributed by atoms with Gasteiger partial charge in [0.2, 0.25) is 0 Å². The molecule has 0 aliphatic carbocycles. The Balaban J connectivity index is 1.38. The monoisotopic (exact) mass is 669 g/mol. The maximum Gasteiger partial charge on any atom is 0.138 e. The summed E-state index contributed by atoms with van der Waals surface area (Å²) in [6.07, 6.45) is 0. The van der Waals surface area contributed by atoms with Crippen LogP contribution in [0.4, 0.5) is 0 Å². The van der Waals surface area contributed by atoms with Crippen LogP contribution in [0.1, 0.15) is 26.0 Å². The minimum atomic E-state index is -0.836. The minimum Gasteiger partial charge on any atom is -0.456 e. The molecule has 0 aliphatic heterocycles. The first-order valence-corrected chi connectivity index (χ1v) is 15.9. The third-order valence-electron chi connectivity index (χ3n) is 9.08. The molecule has 0 saturated carbocycles. The van der Waals surface area contributed by atoms with Crippen molar-refractivity contribution in [2.75, 3.05) is 0 Å². The van der Waals surface area contributed by atoms with Crippen LogP contribution in [0.2, 0.25) is 0 Å². The lowest BCUT2D eigenvalue weighted by Crippen LogP contribution is -1.96. The van der Waals surface area contributed by atoms with Crippen LogP contribution in [0.5, 0.6) is 0 Å². The van der Waals surface area contributed by atoms with Crippen molar-refractivity contribution in [3.8, 4) is 33.6 Å². The number of fused-ring (bicyclic) bond motifs is 9. The van der Waals surface area contributed by atoms with Crippen molar-refractivity contribution in [3.63, 3.8) is 0 Å². The van der Waals surface area contributed by atoms with E-state index >= 15 is 0 Å². The van der Waals surface area contributed by atoms with Crippen LogP contribution < -0.4 is 0 Å². The molecule has 3 aromatic heterocycles. The second kappa shape index (κ2) is 10.8. The van der Waals surface area contributed by atoms with E-state index in [0.717, 1.165) is 10.1 Å². The highest BCUT2D eigenvalue weighted by molar-refractivity contribution is 6.16. The Morgan fingerprint density at radius 2 is 1.00 bits per heavy atom. The zero-order valence-electron chi connectivity index (χ0n) is 45.2.